The topological polar surface area (TPSA) is 83.4 Å². The number of carbonyl (C=O) groups excluding carboxylic acids is 2. The summed E-state index contributed by atoms with van der Waals surface area (Å²) in [7, 11) is 1.96. The van der Waals surface area contributed by atoms with Crippen LogP contribution in [0.5, 0.6) is 0 Å². The first-order valence-corrected chi connectivity index (χ1v) is 8.86. The lowest BCUT2D eigenvalue weighted by Gasteiger charge is -2.22. The van der Waals surface area contributed by atoms with Crippen molar-refractivity contribution in [2.75, 3.05) is 6.54 Å². The van der Waals surface area contributed by atoms with E-state index in [9.17, 15) is 14.7 Å². The van der Waals surface area contributed by atoms with Crippen molar-refractivity contribution >= 4 is 22.7 Å². The maximum absolute atomic E-state index is 11.9. The van der Waals surface area contributed by atoms with E-state index in [-0.39, 0.29) is 12.6 Å². The molecule has 2 aromatic rings. The molecule has 1 heterocycles. The number of aliphatic hydroxyl groups excluding tert-OH is 1. The molecule has 1 aliphatic rings. The van der Waals surface area contributed by atoms with E-state index in [1.54, 1.807) is 0 Å². The maximum atomic E-state index is 11.9. The summed E-state index contributed by atoms with van der Waals surface area (Å²) in [5.74, 6) is -1.30. The minimum Gasteiger partial charge on any atom is -0.387 e. The molecular formula is C19H25N3O3. The van der Waals surface area contributed by atoms with E-state index in [2.05, 4.69) is 10.6 Å². The van der Waals surface area contributed by atoms with Gasteiger partial charge >= 0.3 is 11.8 Å². The molecule has 25 heavy (non-hydrogen) atoms. The summed E-state index contributed by atoms with van der Waals surface area (Å²) in [5, 5.41) is 16.6. The number of rotatable bonds is 4. The Kier molecular flexibility index (Phi) is 5.38. The van der Waals surface area contributed by atoms with Crippen LogP contribution in [0.1, 0.15) is 43.8 Å². The van der Waals surface area contributed by atoms with Gasteiger partial charge in [-0.05, 0) is 42.0 Å². The number of aromatic nitrogens is 1. The second kappa shape index (κ2) is 7.70. The molecule has 1 fully saturated rings. The van der Waals surface area contributed by atoms with Crippen molar-refractivity contribution in [1.82, 2.24) is 15.2 Å². The molecule has 1 saturated carbocycles. The van der Waals surface area contributed by atoms with Gasteiger partial charge in [-0.25, -0.2) is 0 Å². The molecule has 0 saturated heterocycles. The highest BCUT2D eigenvalue weighted by atomic mass is 16.3. The van der Waals surface area contributed by atoms with Gasteiger partial charge in [0.25, 0.3) is 0 Å². The lowest BCUT2D eigenvalue weighted by atomic mass is 9.95. The van der Waals surface area contributed by atoms with Crippen LogP contribution >= 0.6 is 0 Å². The van der Waals surface area contributed by atoms with Gasteiger partial charge in [-0.3, -0.25) is 9.59 Å². The first-order valence-electron chi connectivity index (χ1n) is 8.86. The third-order valence-electron chi connectivity index (χ3n) is 4.90. The molecule has 0 aliphatic heterocycles. The molecule has 134 valence electrons. The number of aryl methyl sites for hydroxylation is 1. The molecule has 1 aromatic carbocycles. The quantitative estimate of drug-likeness (QED) is 0.740. The van der Waals surface area contributed by atoms with E-state index >= 15 is 0 Å². The van der Waals surface area contributed by atoms with Gasteiger partial charge in [-0.1, -0.05) is 25.3 Å². The van der Waals surface area contributed by atoms with Crippen LogP contribution in [0.3, 0.4) is 0 Å². The third-order valence-corrected chi connectivity index (χ3v) is 4.90. The second-order valence-corrected chi connectivity index (χ2v) is 6.78. The van der Waals surface area contributed by atoms with Gasteiger partial charge in [-0.2, -0.15) is 0 Å². The highest BCUT2D eigenvalue weighted by molar-refractivity contribution is 6.35. The Balaban J connectivity index is 1.52. The van der Waals surface area contributed by atoms with Crippen LogP contribution in [-0.4, -0.2) is 34.1 Å². The van der Waals surface area contributed by atoms with Crippen molar-refractivity contribution in [3.05, 3.63) is 36.0 Å². The van der Waals surface area contributed by atoms with Gasteiger partial charge in [0, 0.05) is 31.3 Å². The average Bonchev–Trinajstić information content (AvgIpc) is 3.00. The van der Waals surface area contributed by atoms with Gasteiger partial charge in [0.1, 0.15) is 0 Å². The molecule has 0 radical (unpaired) electrons. The van der Waals surface area contributed by atoms with Crippen LogP contribution in [-0.2, 0) is 16.6 Å². The first-order chi connectivity index (χ1) is 12.0. The zero-order valence-corrected chi connectivity index (χ0v) is 14.5. The van der Waals surface area contributed by atoms with E-state index in [0.29, 0.717) is 5.56 Å². The van der Waals surface area contributed by atoms with Gasteiger partial charge < -0.3 is 20.3 Å². The summed E-state index contributed by atoms with van der Waals surface area (Å²) in [6.07, 6.45) is 6.34. The summed E-state index contributed by atoms with van der Waals surface area (Å²) < 4.78 is 2.00. The number of nitrogens with zero attached hydrogens (tertiary/aromatic N) is 1. The molecule has 1 atom stereocenters. The lowest BCUT2D eigenvalue weighted by Crippen LogP contribution is -2.46. The fourth-order valence-electron chi connectivity index (χ4n) is 3.39. The van der Waals surface area contributed by atoms with E-state index in [0.717, 1.165) is 36.6 Å². The van der Waals surface area contributed by atoms with Crippen molar-refractivity contribution in [1.29, 1.82) is 0 Å². The van der Waals surface area contributed by atoms with Crippen molar-refractivity contribution < 1.29 is 14.7 Å². The molecule has 1 aliphatic carbocycles. The summed E-state index contributed by atoms with van der Waals surface area (Å²) in [4.78, 5) is 23.9. The Bertz CT molecular complexity index is 762. The molecular weight excluding hydrogens is 318 g/mol. The highest BCUT2D eigenvalue weighted by Gasteiger charge is 2.21. The SMILES string of the molecule is Cn1ccc2cc(C(O)CNC(=O)C(=O)NC3CCCCC3)ccc21. The summed E-state index contributed by atoms with van der Waals surface area (Å²) in [5.41, 5.74) is 1.79. The fourth-order valence-corrected chi connectivity index (χ4v) is 3.39. The molecule has 6 heteroatoms. The number of fused-ring (bicyclic) bond motifs is 1. The third kappa shape index (κ3) is 4.20. The van der Waals surface area contributed by atoms with Crippen molar-refractivity contribution in [2.24, 2.45) is 7.05 Å². The van der Waals surface area contributed by atoms with Gasteiger partial charge in [0.15, 0.2) is 0 Å². The molecule has 2 amide bonds. The number of amides is 2. The molecule has 6 nitrogen and oxygen atoms in total. The van der Waals surface area contributed by atoms with Gasteiger partial charge in [0.05, 0.1) is 6.10 Å². The van der Waals surface area contributed by atoms with Crippen LogP contribution in [0.4, 0.5) is 0 Å². The second-order valence-electron chi connectivity index (χ2n) is 6.78. The highest BCUT2D eigenvalue weighted by Crippen LogP contribution is 2.21. The standard InChI is InChI=1S/C19H25N3O3/c1-22-10-9-13-11-14(7-8-16(13)22)17(23)12-20-18(24)19(25)21-15-5-3-2-4-6-15/h7-11,15,17,23H,2-6,12H2,1H3,(H,20,24)(H,21,25). The Morgan fingerprint density at radius 1 is 1.20 bits per heavy atom. The molecule has 0 bridgehead atoms. The van der Waals surface area contributed by atoms with E-state index in [1.807, 2.05) is 42.1 Å². The Hall–Kier alpha value is -2.34. The predicted octanol–water partition coefficient (Wildman–Crippen LogP) is 1.78. The van der Waals surface area contributed by atoms with Crippen molar-refractivity contribution in [2.45, 2.75) is 44.2 Å². The number of benzene rings is 1. The maximum Gasteiger partial charge on any atom is 0.309 e. The summed E-state index contributed by atoms with van der Waals surface area (Å²) in [6, 6.07) is 7.74. The van der Waals surface area contributed by atoms with Crippen molar-refractivity contribution in [3.8, 4) is 0 Å². The van der Waals surface area contributed by atoms with Gasteiger partial charge in [0.2, 0.25) is 0 Å². The van der Waals surface area contributed by atoms with E-state index < -0.39 is 17.9 Å². The zero-order chi connectivity index (χ0) is 17.8. The number of nitrogens with one attached hydrogen (secondary N) is 2. The minimum absolute atomic E-state index is 0.00919. The Morgan fingerprint density at radius 2 is 1.96 bits per heavy atom. The zero-order valence-electron chi connectivity index (χ0n) is 14.5. The molecule has 0 spiro atoms. The van der Waals surface area contributed by atoms with E-state index in [4.69, 9.17) is 0 Å². The number of aliphatic hydroxyl groups is 1. The fraction of sp³-hybridized carbons (Fsp3) is 0.474. The summed E-state index contributed by atoms with van der Waals surface area (Å²) >= 11 is 0. The monoisotopic (exact) mass is 343 g/mol. The Labute approximate surface area is 147 Å². The molecule has 3 N–H and O–H groups in total. The number of hydrogen-bond acceptors (Lipinski definition) is 3. The van der Waals surface area contributed by atoms with Gasteiger partial charge in [-0.15, -0.1) is 0 Å². The average molecular weight is 343 g/mol. The van der Waals surface area contributed by atoms with Crippen LogP contribution in [0, 0.1) is 0 Å². The predicted molar refractivity (Wildman–Crippen MR) is 95.9 cm³/mol. The number of carbonyl (C=O) groups is 2. The molecule has 1 aromatic heterocycles. The largest absolute Gasteiger partial charge is 0.387 e. The minimum atomic E-state index is -0.851. The van der Waals surface area contributed by atoms with Crippen molar-refractivity contribution in [3.63, 3.8) is 0 Å². The molecule has 1 unspecified atom stereocenters. The lowest BCUT2D eigenvalue weighted by molar-refractivity contribution is -0.140. The van der Waals surface area contributed by atoms with Crippen LogP contribution in [0.2, 0.25) is 0 Å². The van der Waals surface area contributed by atoms with E-state index in [1.165, 1.54) is 6.42 Å². The van der Waals surface area contributed by atoms with Crippen LogP contribution in [0.15, 0.2) is 30.5 Å². The molecule has 3 rings (SSSR count). The summed E-state index contributed by atoms with van der Waals surface area (Å²) in [6.45, 7) is 0.00919. The van der Waals surface area contributed by atoms with Crippen LogP contribution in [0.25, 0.3) is 10.9 Å². The number of hydrogen-bond donors (Lipinski definition) is 3. The normalized spacial score (nSPS) is 16.6. The van der Waals surface area contributed by atoms with Crippen LogP contribution < -0.4 is 10.6 Å². The Morgan fingerprint density at radius 3 is 2.72 bits per heavy atom. The first kappa shape index (κ1) is 17.5. The smallest absolute Gasteiger partial charge is 0.309 e.